The van der Waals surface area contributed by atoms with Crippen molar-refractivity contribution in [1.29, 1.82) is 0 Å². The fraction of sp³-hybridized carbons (Fsp3) is 0.174. The third-order valence-electron chi connectivity index (χ3n) is 5.03. The summed E-state index contributed by atoms with van der Waals surface area (Å²) in [6.07, 6.45) is 0. The van der Waals surface area contributed by atoms with Gasteiger partial charge in [0.25, 0.3) is 10.0 Å². The maximum atomic E-state index is 13.3. The number of aryl methyl sites for hydroxylation is 2. The van der Waals surface area contributed by atoms with Crippen LogP contribution in [0.2, 0.25) is 0 Å². The number of rotatable bonds is 4. The van der Waals surface area contributed by atoms with Gasteiger partial charge in [0.2, 0.25) is 5.91 Å². The fourth-order valence-electron chi connectivity index (χ4n) is 3.62. The van der Waals surface area contributed by atoms with Crippen molar-refractivity contribution in [2.45, 2.75) is 25.3 Å². The normalized spacial score (nSPS) is 14.1. The predicted molar refractivity (Wildman–Crippen MR) is 114 cm³/mol. The SMILES string of the molecule is Cc1cccc(CNC(=O)CN2c3ccc(C)cc3-c3ccccc3S2(=O)=O)c1. The Bertz CT molecular complexity index is 1200. The van der Waals surface area contributed by atoms with Gasteiger partial charge in [0.05, 0.1) is 10.6 Å². The molecule has 6 heteroatoms. The summed E-state index contributed by atoms with van der Waals surface area (Å²) in [4.78, 5) is 12.9. The molecule has 148 valence electrons. The van der Waals surface area contributed by atoms with E-state index in [0.717, 1.165) is 22.3 Å². The van der Waals surface area contributed by atoms with E-state index in [-0.39, 0.29) is 17.3 Å². The van der Waals surface area contributed by atoms with E-state index in [1.54, 1.807) is 24.3 Å². The molecule has 0 aromatic heterocycles. The van der Waals surface area contributed by atoms with Crippen molar-refractivity contribution >= 4 is 21.6 Å². The Morgan fingerprint density at radius 3 is 2.45 bits per heavy atom. The molecule has 0 bridgehead atoms. The molecular formula is C23H22N2O3S. The number of fused-ring (bicyclic) bond motifs is 3. The molecule has 29 heavy (non-hydrogen) atoms. The number of sulfonamides is 1. The average Bonchev–Trinajstić information content (AvgIpc) is 2.70. The number of amides is 1. The molecule has 0 fully saturated rings. The van der Waals surface area contributed by atoms with E-state index in [4.69, 9.17) is 0 Å². The minimum atomic E-state index is -3.82. The van der Waals surface area contributed by atoms with Crippen molar-refractivity contribution in [2.75, 3.05) is 10.8 Å². The average molecular weight is 407 g/mol. The summed E-state index contributed by atoms with van der Waals surface area (Å²) in [6.45, 7) is 4.04. The lowest BCUT2D eigenvalue weighted by Crippen LogP contribution is -2.42. The lowest BCUT2D eigenvalue weighted by Gasteiger charge is -2.31. The van der Waals surface area contributed by atoms with Crippen molar-refractivity contribution in [1.82, 2.24) is 5.32 Å². The lowest BCUT2D eigenvalue weighted by atomic mass is 10.0. The van der Waals surface area contributed by atoms with Gasteiger partial charge in [0.15, 0.2) is 0 Å². The van der Waals surface area contributed by atoms with E-state index in [0.29, 0.717) is 17.8 Å². The van der Waals surface area contributed by atoms with Crippen molar-refractivity contribution in [2.24, 2.45) is 0 Å². The number of carbonyl (C=O) groups is 1. The number of hydrogen-bond acceptors (Lipinski definition) is 3. The molecule has 1 heterocycles. The van der Waals surface area contributed by atoms with Crippen LogP contribution in [0.25, 0.3) is 11.1 Å². The van der Waals surface area contributed by atoms with Gasteiger partial charge in [-0.05, 0) is 37.6 Å². The monoisotopic (exact) mass is 406 g/mol. The second-order valence-electron chi connectivity index (χ2n) is 7.29. The molecule has 0 spiro atoms. The van der Waals surface area contributed by atoms with Gasteiger partial charge >= 0.3 is 0 Å². The standard InChI is InChI=1S/C23H22N2O3S/c1-16-6-5-7-18(12-16)14-24-23(26)15-25-21-11-10-17(2)13-20(21)19-8-3-4-9-22(19)29(25,27)28/h3-13H,14-15H2,1-2H3,(H,24,26). The van der Waals surface area contributed by atoms with Crippen LogP contribution in [0.3, 0.4) is 0 Å². The quantitative estimate of drug-likeness (QED) is 0.717. The summed E-state index contributed by atoms with van der Waals surface area (Å²) < 4.78 is 27.7. The van der Waals surface area contributed by atoms with Gasteiger partial charge in [-0.25, -0.2) is 8.42 Å². The van der Waals surface area contributed by atoms with E-state index in [9.17, 15) is 13.2 Å². The summed E-state index contributed by atoms with van der Waals surface area (Å²) in [5.41, 5.74) is 5.13. The molecule has 0 atom stereocenters. The van der Waals surface area contributed by atoms with Crippen LogP contribution in [-0.4, -0.2) is 20.9 Å². The van der Waals surface area contributed by atoms with Gasteiger partial charge in [-0.1, -0.05) is 59.7 Å². The molecular weight excluding hydrogens is 384 g/mol. The van der Waals surface area contributed by atoms with Crippen LogP contribution >= 0.6 is 0 Å². The van der Waals surface area contributed by atoms with E-state index in [2.05, 4.69) is 5.32 Å². The number of anilines is 1. The molecule has 0 aliphatic carbocycles. The first kappa shape index (κ1) is 19.2. The van der Waals surface area contributed by atoms with Crippen LogP contribution in [0.4, 0.5) is 5.69 Å². The Balaban J connectivity index is 1.64. The fourth-order valence-corrected chi connectivity index (χ4v) is 5.27. The first-order chi connectivity index (χ1) is 13.9. The van der Waals surface area contributed by atoms with Crippen molar-refractivity contribution in [3.8, 4) is 11.1 Å². The smallest absolute Gasteiger partial charge is 0.265 e. The van der Waals surface area contributed by atoms with Gasteiger partial charge in [-0.15, -0.1) is 0 Å². The summed E-state index contributed by atoms with van der Waals surface area (Å²) in [7, 11) is -3.82. The second-order valence-corrected chi connectivity index (χ2v) is 9.12. The van der Waals surface area contributed by atoms with Crippen LogP contribution in [0, 0.1) is 13.8 Å². The molecule has 1 aliphatic rings. The third kappa shape index (κ3) is 3.63. The van der Waals surface area contributed by atoms with Gasteiger partial charge in [0, 0.05) is 17.7 Å². The Morgan fingerprint density at radius 1 is 0.897 bits per heavy atom. The molecule has 1 aliphatic heterocycles. The zero-order valence-corrected chi connectivity index (χ0v) is 17.2. The number of benzene rings is 3. The van der Waals surface area contributed by atoms with E-state index >= 15 is 0 Å². The second kappa shape index (κ2) is 7.37. The highest BCUT2D eigenvalue weighted by molar-refractivity contribution is 7.93. The summed E-state index contributed by atoms with van der Waals surface area (Å²) >= 11 is 0. The first-order valence-electron chi connectivity index (χ1n) is 9.41. The van der Waals surface area contributed by atoms with Crippen molar-refractivity contribution in [3.05, 3.63) is 83.4 Å². The maximum Gasteiger partial charge on any atom is 0.265 e. The lowest BCUT2D eigenvalue weighted by molar-refractivity contribution is -0.119. The summed E-state index contributed by atoms with van der Waals surface area (Å²) in [5, 5.41) is 2.83. The molecule has 0 saturated heterocycles. The van der Waals surface area contributed by atoms with Crippen LogP contribution in [-0.2, 0) is 21.4 Å². The van der Waals surface area contributed by atoms with Crippen molar-refractivity contribution < 1.29 is 13.2 Å². The Morgan fingerprint density at radius 2 is 1.66 bits per heavy atom. The summed E-state index contributed by atoms with van der Waals surface area (Å²) in [5.74, 6) is -0.346. The molecule has 4 rings (SSSR count). The number of carbonyl (C=O) groups excluding carboxylic acids is 1. The molecule has 3 aromatic rings. The highest BCUT2D eigenvalue weighted by atomic mass is 32.2. The molecule has 1 N–H and O–H groups in total. The molecule has 1 amide bonds. The van der Waals surface area contributed by atoms with Gasteiger partial charge in [0.1, 0.15) is 6.54 Å². The van der Waals surface area contributed by atoms with E-state index < -0.39 is 10.0 Å². The predicted octanol–water partition coefficient (Wildman–Crippen LogP) is 3.80. The molecule has 0 saturated carbocycles. The number of nitrogens with one attached hydrogen (secondary N) is 1. The summed E-state index contributed by atoms with van der Waals surface area (Å²) in [6, 6.07) is 20.4. The maximum absolute atomic E-state index is 13.3. The third-order valence-corrected chi connectivity index (χ3v) is 6.84. The number of nitrogens with zero attached hydrogens (tertiary/aromatic N) is 1. The van der Waals surface area contributed by atoms with Gasteiger partial charge in [-0.3, -0.25) is 9.10 Å². The zero-order valence-electron chi connectivity index (χ0n) is 16.3. The van der Waals surface area contributed by atoms with E-state index in [1.807, 2.05) is 56.3 Å². The highest BCUT2D eigenvalue weighted by Crippen LogP contribution is 2.43. The first-order valence-corrected chi connectivity index (χ1v) is 10.9. The molecule has 0 radical (unpaired) electrons. The Kier molecular flexibility index (Phi) is 4.88. The van der Waals surface area contributed by atoms with Crippen LogP contribution in [0.1, 0.15) is 16.7 Å². The highest BCUT2D eigenvalue weighted by Gasteiger charge is 2.35. The Hall–Kier alpha value is -3.12. The number of hydrogen-bond donors (Lipinski definition) is 1. The van der Waals surface area contributed by atoms with Gasteiger partial charge in [-0.2, -0.15) is 0 Å². The van der Waals surface area contributed by atoms with E-state index in [1.165, 1.54) is 4.31 Å². The Labute approximate surface area is 171 Å². The minimum absolute atomic E-state index is 0.226. The van der Waals surface area contributed by atoms with Crippen molar-refractivity contribution in [3.63, 3.8) is 0 Å². The van der Waals surface area contributed by atoms with Gasteiger partial charge < -0.3 is 5.32 Å². The van der Waals surface area contributed by atoms with Crippen LogP contribution in [0.15, 0.2) is 71.6 Å². The molecule has 0 unspecified atom stereocenters. The largest absolute Gasteiger partial charge is 0.350 e. The zero-order chi connectivity index (χ0) is 20.6. The van der Waals surface area contributed by atoms with Crippen LogP contribution < -0.4 is 9.62 Å². The minimum Gasteiger partial charge on any atom is -0.350 e. The topological polar surface area (TPSA) is 66.5 Å². The molecule has 5 nitrogen and oxygen atoms in total. The van der Waals surface area contributed by atoms with Crippen LogP contribution in [0.5, 0.6) is 0 Å². The molecule has 3 aromatic carbocycles.